The molecule has 1 N–H and O–H groups in total. The van der Waals surface area contributed by atoms with Crippen LogP contribution >= 0.6 is 0 Å². The van der Waals surface area contributed by atoms with Crippen molar-refractivity contribution in [2.24, 2.45) is 0 Å². The number of rotatable bonds is 5. The number of hydrogen-bond donors (Lipinski definition) is 1. The Kier molecular flexibility index (Phi) is 4.20. The number of benzene rings is 2. The lowest BCUT2D eigenvalue weighted by Crippen LogP contribution is -2.36. The fourth-order valence-electron chi connectivity index (χ4n) is 1.85. The lowest BCUT2D eigenvalue weighted by Gasteiger charge is -2.28. The standard InChI is InChI=1S/C16H18O3/c1-13(14-9-5-3-6-10-14)18-16(2,17)19-15-11-7-4-8-12-15/h3-13,17H,1-2H3. The van der Waals surface area contributed by atoms with Crippen molar-refractivity contribution < 1.29 is 14.6 Å². The van der Waals surface area contributed by atoms with E-state index in [1.165, 1.54) is 6.92 Å². The van der Waals surface area contributed by atoms with E-state index in [4.69, 9.17) is 9.47 Å². The fourth-order valence-corrected chi connectivity index (χ4v) is 1.85. The minimum Gasteiger partial charge on any atom is -0.439 e. The largest absolute Gasteiger partial charge is 0.439 e. The van der Waals surface area contributed by atoms with Crippen molar-refractivity contribution in [1.82, 2.24) is 0 Å². The molecule has 2 atom stereocenters. The predicted molar refractivity (Wildman–Crippen MR) is 73.6 cm³/mol. The van der Waals surface area contributed by atoms with Gasteiger partial charge in [0.2, 0.25) is 0 Å². The maximum absolute atomic E-state index is 10.2. The Hall–Kier alpha value is -1.84. The minimum absolute atomic E-state index is 0.264. The van der Waals surface area contributed by atoms with E-state index in [1.54, 1.807) is 12.1 Å². The molecule has 100 valence electrons. The Morgan fingerprint density at radius 2 is 1.47 bits per heavy atom. The number of para-hydroxylation sites is 1. The van der Waals surface area contributed by atoms with Crippen molar-refractivity contribution in [3.8, 4) is 5.75 Å². The van der Waals surface area contributed by atoms with Crippen molar-refractivity contribution in [2.75, 3.05) is 0 Å². The first-order chi connectivity index (χ1) is 9.07. The fraction of sp³-hybridized carbons (Fsp3) is 0.250. The zero-order valence-electron chi connectivity index (χ0n) is 11.1. The Balaban J connectivity index is 2.01. The molecule has 2 aromatic rings. The van der Waals surface area contributed by atoms with Crippen molar-refractivity contribution in [3.05, 3.63) is 66.2 Å². The zero-order chi connectivity index (χ0) is 13.7. The van der Waals surface area contributed by atoms with E-state index in [0.717, 1.165) is 5.56 Å². The van der Waals surface area contributed by atoms with Crippen LogP contribution in [-0.2, 0) is 4.74 Å². The van der Waals surface area contributed by atoms with Crippen LogP contribution in [0.25, 0.3) is 0 Å². The smallest absolute Gasteiger partial charge is 0.321 e. The molecule has 2 aromatic carbocycles. The Bertz CT molecular complexity index is 494. The van der Waals surface area contributed by atoms with E-state index in [-0.39, 0.29) is 6.10 Å². The van der Waals surface area contributed by atoms with Crippen LogP contribution < -0.4 is 4.74 Å². The SMILES string of the molecule is CC(OC(C)(O)Oc1ccccc1)c1ccccc1. The molecule has 3 nitrogen and oxygen atoms in total. The van der Waals surface area contributed by atoms with Gasteiger partial charge in [-0.3, -0.25) is 0 Å². The van der Waals surface area contributed by atoms with Gasteiger partial charge in [0.15, 0.2) is 0 Å². The van der Waals surface area contributed by atoms with Gasteiger partial charge in [0, 0.05) is 6.92 Å². The van der Waals surface area contributed by atoms with Crippen LogP contribution in [0.15, 0.2) is 60.7 Å². The lowest BCUT2D eigenvalue weighted by molar-refractivity contribution is -0.325. The molecule has 0 aliphatic carbocycles. The van der Waals surface area contributed by atoms with E-state index < -0.39 is 5.97 Å². The monoisotopic (exact) mass is 258 g/mol. The van der Waals surface area contributed by atoms with Crippen LogP contribution in [0.5, 0.6) is 5.75 Å². The van der Waals surface area contributed by atoms with Crippen molar-refractivity contribution in [3.63, 3.8) is 0 Å². The lowest BCUT2D eigenvalue weighted by atomic mass is 10.1. The van der Waals surface area contributed by atoms with Gasteiger partial charge in [-0.05, 0) is 24.6 Å². The molecule has 2 rings (SSSR count). The number of ether oxygens (including phenoxy) is 2. The van der Waals surface area contributed by atoms with Gasteiger partial charge in [-0.1, -0.05) is 48.5 Å². The molecule has 0 bridgehead atoms. The van der Waals surface area contributed by atoms with Gasteiger partial charge < -0.3 is 14.6 Å². The van der Waals surface area contributed by atoms with Crippen molar-refractivity contribution in [2.45, 2.75) is 25.9 Å². The summed E-state index contributed by atoms with van der Waals surface area (Å²) in [5.74, 6) is -1.11. The van der Waals surface area contributed by atoms with Crippen LogP contribution in [0.3, 0.4) is 0 Å². The normalized spacial score (nSPS) is 15.5. The molecule has 0 heterocycles. The third kappa shape index (κ3) is 4.09. The quantitative estimate of drug-likeness (QED) is 0.834. The summed E-state index contributed by atoms with van der Waals surface area (Å²) < 4.78 is 11.0. The van der Waals surface area contributed by atoms with Crippen LogP contribution in [0.2, 0.25) is 0 Å². The predicted octanol–water partition coefficient (Wildman–Crippen LogP) is 3.51. The molecular weight excluding hydrogens is 240 g/mol. The summed E-state index contributed by atoms with van der Waals surface area (Å²) >= 11 is 0. The second-order valence-corrected chi connectivity index (χ2v) is 4.48. The molecule has 0 radical (unpaired) electrons. The van der Waals surface area contributed by atoms with Gasteiger partial charge in [0.25, 0.3) is 0 Å². The molecule has 3 heteroatoms. The molecule has 0 spiro atoms. The van der Waals surface area contributed by atoms with E-state index >= 15 is 0 Å². The summed E-state index contributed by atoms with van der Waals surface area (Å²) in [6.07, 6.45) is -0.264. The molecule has 2 unspecified atom stereocenters. The zero-order valence-corrected chi connectivity index (χ0v) is 11.1. The summed E-state index contributed by atoms with van der Waals surface area (Å²) in [5, 5.41) is 10.2. The molecule has 0 aliphatic rings. The molecule has 0 aliphatic heterocycles. The minimum atomic E-state index is -1.67. The van der Waals surface area contributed by atoms with Crippen LogP contribution in [-0.4, -0.2) is 11.1 Å². The maximum Gasteiger partial charge on any atom is 0.321 e. The third-order valence-electron chi connectivity index (χ3n) is 2.71. The average Bonchev–Trinajstić information content (AvgIpc) is 2.39. The molecule has 0 saturated heterocycles. The summed E-state index contributed by atoms with van der Waals surface area (Å²) in [5.41, 5.74) is 0.986. The number of hydrogen-bond acceptors (Lipinski definition) is 3. The number of aliphatic hydroxyl groups is 1. The topological polar surface area (TPSA) is 38.7 Å². The van der Waals surface area contributed by atoms with Gasteiger partial charge in [-0.25, -0.2) is 0 Å². The molecule has 19 heavy (non-hydrogen) atoms. The third-order valence-corrected chi connectivity index (χ3v) is 2.71. The first-order valence-corrected chi connectivity index (χ1v) is 6.26. The molecule has 0 aromatic heterocycles. The van der Waals surface area contributed by atoms with E-state index in [1.807, 2.05) is 55.5 Å². The van der Waals surface area contributed by atoms with Gasteiger partial charge in [-0.2, -0.15) is 0 Å². The molecule has 0 saturated carbocycles. The van der Waals surface area contributed by atoms with Crippen LogP contribution in [0, 0.1) is 0 Å². The summed E-state index contributed by atoms with van der Waals surface area (Å²) in [6.45, 7) is 3.36. The second kappa shape index (κ2) is 5.87. The highest BCUT2D eigenvalue weighted by Gasteiger charge is 2.27. The Morgan fingerprint density at radius 3 is 2.05 bits per heavy atom. The molecule has 0 amide bonds. The van der Waals surface area contributed by atoms with Gasteiger partial charge in [0.1, 0.15) is 5.75 Å². The van der Waals surface area contributed by atoms with Crippen LogP contribution in [0.4, 0.5) is 0 Å². The van der Waals surface area contributed by atoms with E-state index in [2.05, 4.69) is 0 Å². The summed E-state index contributed by atoms with van der Waals surface area (Å²) in [7, 11) is 0. The van der Waals surface area contributed by atoms with Gasteiger partial charge >= 0.3 is 5.97 Å². The second-order valence-electron chi connectivity index (χ2n) is 4.48. The first kappa shape index (κ1) is 13.6. The highest BCUT2D eigenvalue weighted by molar-refractivity contribution is 5.21. The average molecular weight is 258 g/mol. The Labute approximate surface area is 113 Å². The summed E-state index contributed by atoms with van der Waals surface area (Å²) in [6, 6.07) is 18.8. The van der Waals surface area contributed by atoms with Gasteiger partial charge in [-0.15, -0.1) is 0 Å². The summed E-state index contributed by atoms with van der Waals surface area (Å²) in [4.78, 5) is 0. The molecular formula is C16H18O3. The highest BCUT2D eigenvalue weighted by Crippen LogP contribution is 2.24. The van der Waals surface area contributed by atoms with Gasteiger partial charge in [0.05, 0.1) is 6.10 Å². The Morgan fingerprint density at radius 1 is 0.947 bits per heavy atom. The van der Waals surface area contributed by atoms with Crippen LogP contribution in [0.1, 0.15) is 25.5 Å². The highest BCUT2D eigenvalue weighted by atomic mass is 16.8. The van der Waals surface area contributed by atoms with E-state index in [9.17, 15) is 5.11 Å². The molecule has 0 fully saturated rings. The van der Waals surface area contributed by atoms with E-state index in [0.29, 0.717) is 5.75 Å². The van der Waals surface area contributed by atoms with Crippen molar-refractivity contribution in [1.29, 1.82) is 0 Å². The first-order valence-electron chi connectivity index (χ1n) is 6.26. The maximum atomic E-state index is 10.2. The van der Waals surface area contributed by atoms with Crippen molar-refractivity contribution >= 4 is 0 Å².